The van der Waals surface area contributed by atoms with Gasteiger partial charge in [0.25, 0.3) is 0 Å². The second kappa shape index (κ2) is 6.17. The number of rotatable bonds is 4. The summed E-state index contributed by atoms with van der Waals surface area (Å²) in [7, 11) is 1.56. The minimum absolute atomic E-state index is 0.0898. The highest BCUT2D eigenvalue weighted by atomic mass is 79.9. The molecule has 0 bridgehead atoms. The van der Waals surface area contributed by atoms with Crippen molar-refractivity contribution < 1.29 is 9.53 Å². The smallest absolute Gasteiger partial charge is 0.186 e. The van der Waals surface area contributed by atoms with Crippen LogP contribution in [-0.4, -0.2) is 17.9 Å². The van der Waals surface area contributed by atoms with Gasteiger partial charge in [0.1, 0.15) is 11.4 Å². The number of carbonyl (C=O) groups excluding carboxylic acids is 1. The molecule has 1 heterocycles. The van der Waals surface area contributed by atoms with Gasteiger partial charge in [-0.15, -0.1) is 0 Å². The third-order valence-corrected chi connectivity index (χ3v) is 3.49. The van der Waals surface area contributed by atoms with E-state index >= 15 is 0 Å². The maximum absolute atomic E-state index is 12.2. The molecule has 0 saturated heterocycles. The SMILES string of the molecule is COc1ccc(Cl)cc1CC(=O)c1ncccc1Br. The first-order valence-corrected chi connectivity index (χ1v) is 6.75. The summed E-state index contributed by atoms with van der Waals surface area (Å²) < 4.78 is 5.91. The molecule has 0 spiro atoms. The summed E-state index contributed by atoms with van der Waals surface area (Å²) in [6.45, 7) is 0. The van der Waals surface area contributed by atoms with E-state index in [1.165, 1.54) is 0 Å². The van der Waals surface area contributed by atoms with Crippen LogP contribution in [0.1, 0.15) is 16.1 Å². The van der Waals surface area contributed by atoms with E-state index in [1.54, 1.807) is 43.6 Å². The second-order valence-electron chi connectivity index (χ2n) is 3.89. The van der Waals surface area contributed by atoms with Crippen LogP contribution in [0.3, 0.4) is 0 Å². The summed E-state index contributed by atoms with van der Waals surface area (Å²) in [4.78, 5) is 16.3. The number of nitrogens with zero attached hydrogens (tertiary/aromatic N) is 1. The van der Waals surface area contributed by atoms with Crippen molar-refractivity contribution >= 4 is 33.3 Å². The van der Waals surface area contributed by atoms with Crippen LogP contribution in [0.25, 0.3) is 0 Å². The molecule has 0 aliphatic carbocycles. The fourth-order valence-electron chi connectivity index (χ4n) is 1.73. The molecule has 98 valence electrons. The Morgan fingerprint density at radius 2 is 2.21 bits per heavy atom. The predicted molar refractivity (Wildman–Crippen MR) is 78.0 cm³/mol. The molecule has 0 saturated carbocycles. The van der Waals surface area contributed by atoms with E-state index in [1.807, 2.05) is 0 Å². The second-order valence-corrected chi connectivity index (χ2v) is 5.18. The average molecular weight is 341 g/mol. The Labute approximate surface area is 124 Å². The van der Waals surface area contributed by atoms with E-state index in [-0.39, 0.29) is 12.2 Å². The first-order valence-electron chi connectivity index (χ1n) is 5.58. The van der Waals surface area contributed by atoms with Crippen molar-refractivity contribution in [3.05, 3.63) is 57.3 Å². The van der Waals surface area contributed by atoms with Crippen molar-refractivity contribution in [3.8, 4) is 5.75 Å². The lowest BCUT2D eigenvalue weighted by Crippen LogP contribution is -2.07. The third kappa shape index (κ3) is 3.33. The van der Waals surface area contributed by atoms with Gasteiger partial charge in [0.2, 0.25) is 0 Å². The predicted octanol–water partition coefficient (Wildman–Crippen LogP) is 3.93. The first kappa shape index (κ1) is 14.0. The highest BCUT2D eigenvalue weighted by Crippen LogP contribution is 2.25. The van der Waals surface area contributed by atoms with Gasteiger partial charge in [-0.1, -0.05) is 11.6 Å². The van der Waals surface area contributed by atoms with E-state index in [0.29, 0.717) is 20.9 Å². The van der Waals surface area contributed by atoms with Crippen molar-refractivity contribution in [2.75, 3.05) is 7.11 Å². The minimum atomic E-state index is -0.0898. The molecule has 0 aliphatic rings. The van der Waals surface area contributed by atoms with Crippen molar-refractivity contribution in [2.45, 2.75) is 6.42 Å². The fourth-order valence-corrected chi connectivity index (χ4v) is 2.40. The molecule has 1 aromatic carbocycles. The molecule has 5 heteroatoms. The number of ketones is 1. The van der Waals surface area contributed by atoms with Gasteiger partial charge in [-0.25, -0.2) is 0 Å². The summed E-state index contributed by atoms with van der Waals surface area (Å²) >= 11 is 9.26. The van der Waals surface area contributed by atoms with E-state index in [2.05, 4.69) is 20.9 Å². The van der Waals surface area contributed by atoms with Gasteiger partial charge in [-0.05, 0) is 46.3 Å². The highest BCUT2D eigenvalue weighted by molar-refractivity contribution is 9.10. The summed E-state index contributed by atoms with van der Waals surface area (Å²) in [6, 6.07) is 8.76. The Morgan fingerprint density at radius 3 is 2.89 bits per heavy atom. The molecule has 1 aromatic heterocycles. The topological polar surface area (TPSA) is 39.2 Å². The summed E-state index contributed by atoms with van der Waals surface area (Å²) in [5, 5.41) is 0.573. The van der Waals surface area contributed by atoms with Crippen molar-refractivity contribution in [2.24, 2.45) is 0 Å². The van der Waals surface area contributed by atoms with Gasteiger partial charge in [-0.2, -0.15) is 0 Å². The Morgan fingerprint density at radius 1 is 1.42 bits per heavy atom. The highest BCUT2D eigenvalue weighted by Gasteiger charge is 2.14. The van der Waals surface area contributed by atoms with Gasteiger partial charge < -0.3 is 4.74 Å². The van der Waals surface area contributed by atoms with Gasteiger partial charge in [-0.3, -0.25) is 9.78 Å². The van der Waals surface area contributed by atoms with Gasteiger partial charge >= 0.3 is 0 Å². The zero-order chi connectivity index (χ0) is 13.8. The minimum Gasteiger partial charge on any atom is -0.496 e. The van der Waals surface area contributed by atoms with E-state index in [9.17, 15) is 4.79 Å². The number of halogens is 2. The summed E-state index contributed by atoms with van der Waals surface area (Å²) in [6.07, 6.45) is 1.78. The van der Waals surface area contributed by atoms with Crippen LogP contribution in [0.5, 0.6) is 5.75 Å². The molecule has 0 amide bonds. The van der Waals surface area contributed by atoms with Crippen molar-refractivity contribution in [1.29, 1.82) is 0 Å². The van der Waals surface area contributed by atoms with Crippen LogP contribution in [0.2, 0.25) is 5.02 Å². The Kier molecular flexibility index (Phi) is 4.56. The molecule has 0 unspecified atom stereocenters. The third-order valence-electron chi connectivity index (χ3n) is 2.62. The number of aromatic nitrogens is 1. The molecule has 19 heavy (non-hydrogen) atoms. The lowest BCUT2D eigenvalue weighted by molar-refractivity contribution is 0.0986. The van der Waals surface area contributed by atoms with Crippen LogP contribution in [-0.2, 0) is 6.42 Å². The van der Waals surface area contributed by atoms with E-state index in [4.69, 9.17) is 16.3 Å². The van der Waals surface area contributed by atoms with Gasteiger partial charge in [0, 0.05) is 27.7 Å². The van der Waals surface area contributed by atoms with Gasteiger partial charge in [0.15, 0.2) is 5.78 Å². The number of methoxy groups -OCH3 is 1. The van der Waals surface area contributed by atoms with Crippen LogP contribution in [0, 0.1) is 0 Å². The Hall–Kier alpha value is -1.39. The molecule has 0 aliphatic heterocycles. The number of ether oxygens (including phenoxy) is 1. The molecule has 0 radical (unpaired) electrons. The largest absolute Gasteiger partial charge is 0.496 e. The lowest BCUT2D eigenvalue weighted by atomic mass is 10.1. The van der Waals surface area contributed by atoms with Crippen LogP contribution in [0.4, 0.5) is 0 Å². The molecule has 2 rings (SSSR count). The van der Waals surface area contributed by atoms with Crippen LogP contribution >= 0.6 is 27.5 Å². The van der Waals surface area contributed by atoms with E-state index < -0.39 is 0 Å². The Balaban J connectivity index is 2.29. The Bertz CT molecular complexity index is 616. The molecular formula is C14H11BrClNO2. The van der Waals surface area contributed by atoms with Crippen LogP contribution in [0.15, 0.2) is 41.0 Å². The van der Waals surface area contributed by atoms with Crippen molar-refractivity contribution in [3.63, 3.8) is 0 Å². The fraction of sp³-hybridized carbons (Fsp3) is 0.143. The van der Waals surface area contributed by atoms with Crippen molar-refractivity contribution in [1.82, 2.24) is 4.98 Å². The number of carbonyl (C=O) groups is 1. The maximum Gasteiger partial charge on any atom is 0.186 e. The zero-order valence-electron chi connectivity index (χ0n) is 10.2. The number of Topliss-reactive ketones (excluding diaryl/α,β-unsaturated/α-hetero) is 1. The molecular weight excluding hydrogens is 330 g/mol. The number of benzene rings is 1. The monoisotopic (exact) mass is 339 g/mol. The van der Waals surface area contributed by atoms with Crippen LogP contribution < -0.4 is 4.74 Å². The first-order chi connectivity index (χ1) is 9.11. The normalized spacial score (nSPS) is 10.3. The summed E-state index contributed by atoms with van der Waals surface area (Å²) in [5.74, 6) is 0.554. The number of pyridine rings is 1. The number of hydrogen-bond donors (Lipinski definition) is 0. The average Bonchev–Trinajstić information content (AvgIpc) is 2.39. The summed E-state index contributed by atoms with van der Waals surface area (Å²) in [5.41, 5.74) is 1.15. The zero-order valence-corrected chi connectivity index (χ0v) is 12.5. The quantitative estimate of drug-likeness (QED) is 0.792. The molecule has 0 fully saturated rings. The molecule has 0 atom stereocenters. The number of hydrogen-bond acceptors (Lipinski definition) is 3. The van der Waals surface area contributed by atoms with Gasteiger partial charge in [0.05, 0.1) is 7.11 Å². The molecule has 0 N–H and O–H groups in total. The maximum atomic E-state index is 12.2. The standard InChI is InChI=1S/C14H11BrClNO2/c1-19-13-5-4-10(16)7-9(13)8-12(18)14-11(15)3-2-6-17-14/h2-7H,8H2,1H3. The lowest BCUT2D eigenvalue weighted by Gasteiger charge is -2.08. The molecule has 3 nitrogen and oxygen atoms in total. The van der Waals surface area contributed by atoms with E-state index in [0.717, 1.165) is 5.56 Å². The molecule has 2 aromatic rings.